The number of benzene rings is 1. The largest absolute Gasteiger partial charge is 0.309 e. The van der Waals surface area contributed by atoms with E-state index < -0.39 is 0 Å². The zero-order chi connectivity index (χ0) is 10.8. The topological polar surface area (TPSA) is 12.0 Å². The van der Waals surface area contributed by atoms with Gasteiger partial charge in [0, 0.05) is 17.4 Å². The average molecular weight is 229 g/mol. The average Bonchev–Trinajstić information content (AvgIpc) is 2.65. The number of thioether (sulfide) groups is 1. The normalized spacial score (nSPS) is 19.3. The molecule has 1 nitrogen and oxygen atoms in total. The van der Waals surface area contributed by atoms with Crippen molar-refractivity contribution in [1.29, 1.82) is 0 Å². The van der Waals surface area contributed by atoms with Gasteiger partial charge in [-0.2, -0.15) is 0 Å². The predicted molar refractivity (Wildman–Crippen MR) is 58.1 cm³/mol. The summed E-state index contributed by atoms with van der Waals surface area (Å²) < 4.78 is 26.9. The van der Waals surface area contributed by atoms with Crippen molar-refractivity contribution in [3.05, 3.63) is 29.3 Å². The van der Waals surface area contributed by atoms with Crippen LogP contribution < -0.4 is 5.32 Å². The number of hydrogen-bond acceptors (Lipinski definition) is 2. The van der Waals surface area contributed by atoms with E-state index in [4.69, 9.17) is 0 Å². The Balaban J connectivity index is 2.28. The Morgan fingerprint density at radius 2 is 2.13 bits per heavy atom. The molecule has 1 heterocycles. The molecule has 2 rings (SSSR count). The van der Waals surface area contributed by atoms with E-state index in [1.165, 1.54) is 23.9 Å². The maximum Gasteiger partial charge on any atom is 0.137 e. The van der Waals surface area contributed by atoms with E-state index in [-0.39, 0.29) is 17.7 Å². The molecule has 0 bridgehead atoms. The molecule has 0 fully saturated rings. The minimum Gasteiger partial charge on any atom is -0.309 e. The molecule has 0 aromatic heterocycles. The summed E-state index contributed by atoms with van der Waals surface area (Å²) in [5, 5.41) is 3.23. The summed E-state index contributed by atoms with van der Waals surface area (Å²) in [6.07, 6.45) is 0.993. The van der Waals surface area contributed by atoms with Crippen LogP contribution in [0.2, 0.25) is 0 Å². The standard InChI is InChI=1S/C11H13F2NS/c1-2-5-14-9-6-15-11-8(13)4-3-7(12)10(9)11/h3-4,9,14H,2,5-6H2,1H3. The zero-order valence-corrected chi connectivity index (χ0v) is 9.33. The lowest BCUT2D eigenvalue weighted by Gasteiger charge is -2.12. The van der Waals surface area contributed by atoms with Gasteiger partial charge in [-0.1, -0.05) is 6.92 Å². The maximum atomic E-state index is 13.5. The molecule has 0 spiro atoms. The van der Waals surface area contributed by atoms with E-state index in [0.29, 0.717) is 16.2 Å². The summed E-state index contributed by atoms with van der Waals surface area (Å²) >= 11 is 1.39. The third-order valence-electron chi connectivity index (χ3n) is 2.48. The SMILES string of the molecule is CCCNC1CSc2c(F)ccc(F)c21. The highest BCUT2D eigenvalue weighted by Crippen LogP contribution is 2.41. The van der Waals surface area contributed by atoms with Gasteiger partial charge in [0.2, 0.25) is 0 Å². The molecule has 1 aliphatic rings. The second kappa shape index (κ2) is 4.49. The smallest absolute Gasteiger partial charge is 0.137 e. The molecule has 1 aromatic carbocycles. The van der Waals surface area contributed by atoms with Crippen LogP contribution >= 0.6 is 11.8 Å². The van der Waals surface area contributed by atoms with Gasteiger partial charge < -0.3 is 5.32 Å². The quantitative estimate of drug-likeness (QED) is 0.854. The summed E-state index contributed by atoms with van der Waals surface area (Å²) in [4.78, 5) is 0.476. The first-order chi connectivity index (χ1) is 7.24. The van der Waals surface area contributed by atoms with Gasteiger partial charge in [0.1, 0.15) is 11.6 Å². The fraction of sp³-hybridized carbons (Fsp3) is 0.455. The Kier molecular flexibility index (Phi) is 3.26. The molecule has 0 aliphatic carbocycles. The lowest BCUT2D eigenvalue weighted by Crippen LogP contribution is -2.22. The van der Waals surface area contributed by atoms with Crippen LogP contribution in [0.5, 0.6) is 0 Å². The summed E-state index contributed by atoms with van der Waals surface area (Å²) in [5.41, 5.74) is 0.508. The van der Waals surface area contributed by atoms with Gasteiger partial charge in [0.25, 0.3) is 0 Å². The fourth-order valence-electron chi connectivity index (χ4n) is 1.75. The minimum absolute atomic E-state index is 0.0411. The number of fused-ring (bicyclic) bond motifs is 1. The Morgan fingerprint density at radius 3 is 2.87 bits per heavy atom. The summed E-state index contributed by atoms with van der Waals surface area (Å²) in [6.45, 7) is 2.89. The molecular weight excluding hydrogens is 216 g/mol. The van der Waals surface area contributed by atoms with Crippen LogP contribution in [0, 0.1) is 11.6 Å². The highest BCUT2D eigenvalue weighted by molar-refractivity contribution is 7.99. The summed E-state index contributed by atoms with van der Waals surface area (Å²) in [5.74, 6) is 0.106. The van der Waals surface area contributed by atoms with Crippen LogP contribution in [0.1, 0.15) is 24.9 Å². The van der Waals surface area contributed by atoms with Crippen molar-refractivity contribution >= 4 is 11.8 Å². The Labute approximate surface area is 92.3 Å². The van der Waals surface area contributed by atoms with Crippen molar-refractivity contribution < 1.29 is 8.78 Å². The van der Waals surface area contributed by atoms with Gasteiger partial charge in [-0.25, -0.2) is 8.78 Å². The lowest BCUT2D eigenvalue weighted by atomic mass is 10.1. The monoisotopic (exact) mass is 229 g/mol. The molecule has 0 saturated carbocycles. The van der Waals surface area contributed by atoms with Crippen LogP contribution in [-0.2, 0) is 0 Å². The molecule has 4 heteroatoms. The lowest BCUT2D eigenvalue weighted by molar-refractivity contribution is 0.514. The molecule has 1 unspecified atom stereocenters. The minimum atomic E-state index is -0.308. The molecule has 15 heavy (non-hydrogen) atoms. The number of halogens is 2. The Bertz CT molecular complexity index is 368. The highest BCUT2D eigenvalue weighted by atomic mass is 32.2. The molecule has 1 atom stereocenters. The molecule has 82 valence electrons. The molecule has 1 N–H and O–H groups in total. The third kappa shape index (κ3) is 2.01. The van der Waals surface area contributed by atoms with E-state index in [9.17, 15) is 8.78 Å². The third-order valence-corrected chi connectivity index (χ3v) is 3.68. The van der Waals surface area contributed by atoms with Gasteiger partial charge in [-0.05, 0) is 25.1 Å². The predicted octanol–water partition coefficient (Wildman–Crippen LogP) is 3.11. The maximum absolute atomic E-state index is 13.5. The number of rotatable bonds is 3. The van der Waals surface area contributed by atoms with Gasteiger partial charge >= 0.3 is 0 Å². The zero-order valence-electron chi connectivity index (χ0n) is 8.52. The van der Waals surface area contributed by atoms with Gasteiger partial charge in [0.05, 0.1) is 4.90 Å². The first-order valence-electron chi connectivity index (χ1n) is 5.08. The van der Waals surface area contributed by atoms with Crippen LogP contribution in [-0.4, -0.2) is 12.3 Å². The van der Waals surface area contributed by atoms with Crippen molar-refractivity contribution in [2.75, 3.05) is 12.3 Å². The van der Waals surface area contributed by atoms with Crippen LogP contribution in [0.4, 0.5) is 8.78 Å². The van der Waals surface area contributed by atoms with Gasteiger partial charge in [-0.15, -0.1) is 11.8 Å². The first kappa shape index (κ1) is 10.9. The number of hydrogen-bond donors (Lipinski definition) is 1. The van der Waals surface area contributed by atoms with E-state index in [1.807, 2.05) is 0 Å². The van der Waals surface area contributed by atoms with Crippen molar-refractivity contribution in [3.8, 4) is 0 Å². The van der Waals surface area contributed by atoms with Crippen molar-refractivity contribution in [1.82, 2.24) is 5.32 Å². The van der Waals surface area contributed by atoms with Gasteiger partial charge in [0.15, 0.2) is 0 Å². The van der Waals surface area contributed by atoms with Crippen LogP contribution in [0.3, 0.4) is 0 Å². The second-order valence-electron chi connectivity index (χ2n) is 3.59. The summed E-state index contributed by atoms with van der Waals surface area (Å²) in [7, 11) is 0. The Hall–Kier alpha value is -0.610. The first-order valence-corrected chi connectivity index (χ1v) is 6.06. The van der Waals surface area contributed by atoms with Crippen LogP contribution in [0.25, 0.3) is 0 Å². The van der Waals surface area contributed by atoms with E-state index >= 15 is 0 Å². The van der Waals surface area contributed by atoms with Crippen LogP contribution in [0.15, 0.2) is 17.0 Å². The van der Waals surface area contributed by atoms with E-state index in [2.05, 4.69) is 12.2 Å². The van der Waals surface area contributed by atoms with Crippen molar-refractivity contribution in [3.63, 3.8) is 0 Å². The molecule has 1 aliphatic heterocycles. The Morgan fingerprint density at radius 1 is 1.40 bits per heavy atom. The molecule has 1 aromatic rings. The second-order valence-corrected chi connectivity index (χ2v) is 4.62. The van der Waals surface area contributed by atoms with Gasteiger partial charge in [-0.3, -0.25) is 0 Å². The molecule has 0 radical (unpaired) electrons. The molecular formula is C11H13F2NS. The van der Waals surface area contributed by atoms with Crippen molar-refractivity contribution in [2.45, 2.75) is 24.3 Å². The van der Waals surface area contributed by atoms with Crippen molar-refractivity contribution in [2.24, 2.45) is 0 Å². The molecule has 0 amide bonds. The summed E-state index contributed by atoms with van der Waals surface area (Å²) in [6, 6.07) is 2.37. The van der Waals surface area contributed by atoms with E-state index in [1.54, 1.807) is 0 Å². The highest BCUT2D eigenvalue weighted by Gasteiger charge is 2.28. The number of nitrogens with one attached hydrogen (secondary N) is 1. The fourth-order valence-corrected chi connectivity index (χ4v) is 2.97. The molecule has 0 saturated heterocycles. The van der Waals surface area contributed by atoms with E-state index in [0.717, 1.165) is 13.0 Å².